The summed E-state index contributed by atoms with van der Waals surface area (Å²) < 4.78 is 17.0. The van der Waals surface area contributed by atoms with Crippen LogP contribution in [0.15, 0.2) is 28.9 Å². The Morgan fingerprint density at radius 1 is 1.26 bits per heavy atom. The molecule has 1 aliphatic heterocycles. The Morgan fingerprint density at radius 3 is 2.61 bits per heavy atom. The number of morpholine rings is 1. The molecule has 2 atom stereocenters. The van der Waals surface area contributed by atoms with Crippen molar-refractivity contribution in [3.63, 3.8) is 0 Å². The summed E-state index contributed by atoms with van der Waals surface area (Å²) in [5, 5.41) is 0.888. The van der Waals surface area contributed by atoms with E-state index in [2.05, 4.69) is 0 Å². The van der Waals surface area contributed by atoms with Crippen molar-refractivity contribution in [1.29, 1.82) is 0 Å². The zero-order valence-electron chi connectivity index (χ0n) is 14.0. The topological polar surface area (TPSA) is 51.9 Å². The fraction of sp³-hybridized carbons (Fsp3) is 0.500. The number of nitrogens with zero attached hydrogens (tertiary/aromatic N) is 1. The van der Waals surface area contributed by atoms with E-state index in [0.717, 1.165) is 5.39 Å². The molecule has 1 aromatic carbocycles. The molecule has 1 aromatic heterocycles. The third-order valence-corrected chi connectivity index (χ3v) is 3.85. The average molecular weight is 317 g/mol. The van der Waals surface area contributed by atoms with Gasteiger partial charge in [0.05, 0.1) is 30.0 Å². The molecule has 23 heavy (non-hydrogen) atoms. The predicted molar refractivity (Wildman–Crippen MR) is 87.9 cm³/mol. The van der Waals surface area contributed by atoms with Crippen LogP contribution in [0.1, 0.15) is 38.1 Å². The quantitative estimate of drug-likeness (QED) is 0.870. The molecule has 0 aliphatic carbocycles. The standard InChI is InChI=1S/C18H23NO4/c1-11(2)22-17-8-14(7-16-15(17)5-6-21-16)18(20)19-9-12(3)23-13(4)10-19/h5-8,11-13H,9-10H2,1-4H3/t12-,13-/m1/s1. The number of benzene rings is 1. The second kappa shape index (κ2) is 6.24. The summed E-state index contributed by atoms with van der Waals surface area (Å²) in [6, 6.07) is 5.46. The maximum absolute atomic E-state index is 12.9. The summed E-state index contributed by atoms with van der Waals surface area (Å²) in [7, 11) is 0. The van der Waals surface area contributed by atoms with Crippen molar-refractivity contribution in [2.24, 2.45) is 0 Å². The number of ether oxygens (including phenoxy) is 2. The number of hydrogen-bond acceptors (Lipinski definition) is 4. The molecule has 0 spiro atoms. The van der Waals surface area contributed by atoms with Gasteiger partial charge >= 0.3 is 0 Å². The van der Waals surface area contributed by atoms with E-state index in [9.17, 15) is 4.79 Å². The van der Waals surface area contributed by atoms with Gasteiger partial charge in [-0.1, -0.05) is 0 Å². The Labute approximate surface area is 136 Å². The summed E-state index contributed by atoms with van der Waals surface area (Å²) in [6.07, 6.45) is 1.73. The molecular weight excluding hydrogens is 294 g/mol. The van der Waals surface area contributed by atoms with Gasteiger partial charge in [0.15, 0.2) is 0 Å². The van der Waals surface area contributed by atoms with E-state index in [-0.39, 0.29) is 24.2 Å². The molecule has 0 bridgehead atoms. The van der Waals surface area contributed by atoms with Crippen molar-refractivity contribution in [3.05, 3.63) is 30.0 Å². The van der Waals surface area contributed by atoms with Crippen LogP contribution in [-0.2, 0) is 4.74 Å². The Morgan fingerprint density at radius 2 is 1.96 bits per heavy atom. The molecule has 3 rings (SSSR count). The van der Waals surface area contributed by atoms with Crippen molar-refractivity contribution in [1.82, 2.24) is 4.90 Å². The Bertz CT molecular complexity index is 696. The van der Waals surface area contributed by atoms with Crippen LogP contribution >= 0.6 is 0 Å². The zero-order chi connectivity index (χ0) is 16.6. The lowest BCUT2D eigenvalue weighted by molar-refractivity contribution is -0.0586. The smallest absolute Gasteiger partial charge is 0.254 e. The molecule has 1 amide bonds. The molecule has 1 aliphatic rings. The number of rotatable bonds is 3. The average Bonchev–Trinajstić information content (AvgIpc) is 2.93. The Hall–Kier alpha value is -2.01. The van der Waals surface area contributed by atoms with E-state index in [4.69, 9.17) is 13.9 Å². The van der Waals surface area contributed by atoms with E-state index in [0.29, 0.717) is 30.0 Å². The van der Waals surface area contributed by atoms with Gasteiger partial charge in [0.25, 0.3) is 5.91 Å². The number of amides is 1. The highest BCUT2D eigenvalue weighted by atomic mass is 16.5. The molecular formula is C18H23NO4. The van der Waals surface area contributed by atoms with Crippen molar-refractivity contribution in [2.45, 2.75) is 46.0 Å². The lowest BCUT2D eigenvalue weighted by Gasteiger charge is -2.35. The van der Waals surface area contributed by atoms with Crippen molar-refractivity contribution in [3.8, 4) is 5.75 Å². The zero-order valence-corrected chi connectivity index (χ0v) is 14.0. The second-order valence-corrected chi connectivity index (χ2v) is 6.44. The summed E-state index contributed by atoms with van der Waals surface area (Å²) in [6.45, 7) is 9.09. The maximum Gasteiger partial charge on any atom is 0.254 e. The van der Waals surface area contributed by atoms with Gasteiger partial charge in [0.2, 0.25) is 0 Å². The van der Waals surface area contributed by atoms with Gasteiger partial charge in [-0.25, -0.2) is 0 Å². The highest BCUT2D eigenvalue weighted by molar-refractivity contribution is 5.99. The van der Waals surface area contributed by atoms with E-state index in [1.165, 1.54) is 0 Å². The third-order valence-electron chi connectivity index (χ3n) is 3.85. The molecule has 5 heteroatoms. The molecule has 1 fully saturated rings. The van der Waals surface area contributed by atoms with Crippen LogP contribution in [0, 0.1) is 0 Å². The van der Waals surface area contributed by atoms with Gasteiger partial charge in [-0.05, 0) is 45.9 Å². The molecule has 5 nitrogen and oxygen atoms in total. The summed E-state index contributed by atoms with van der Waals surface area (Å²) >= 11 is 0. The fourth-order valence-electron chi connectivity index (χ4n) is 3.04. The van der Waals surface area contributed by atoms with Crippen LogP contribution in [0.5, 0.6) is 5.75 Å². The van der Waals surface area contributed by atoms with Crippen LogP contribution in [0.4, 0.5) is 0 Å². The van der Waals surface area contributed by atoms with Crippen LogP contribution in [0.2, 0.25) is 0 Å². The summed E-state index contributed by atoms with van der Waals surface area (Å²) in [5.41, 5.74) is 1.25. The SMILES string of the molecule is CC(C)Oc1cc(C(=O)N2C[C@@H](C)O[C@H](C)C2)cc2occc12. The number of fused-ring (bicyclic) bond motifs is 1. The van der Waals surface area contributed by atoms with Gasteiger partial charge in [0, 0.05) is 18.7 Å². The first-order valence-corrected chi connectivity index (χ1v) is 8.06. The normalized spacial score (nSPS) is 21.9. The fourth-order valence-corrected chi connectivity index (χ4v) is 3.04. The summed E-state index contributed by atoms with van der Waals surface area (Å²) in [4.78, 5) is 14.7. The lowest BCUT2D eigenvalue weighted by Crippen LogP contribution is -2.48. The first kappa shape index (κ1) is 15.9. The minimum Gasteiger partial charge on any atom is -0.490 e. The second-order valence-electron chi connectivity index (χ2n) is 6.44. The number of carbonyl (C=O) groups excluding carboxylic acids is 1. The molecule has 0 radical (unpaired) electrons. The maximum atomic E-state index is 12.9. The lowest BCUT2D eigenvalue weighted by atomic mass is 10.1. The molecule has 124 valence electrons. The molecule has 2 aromatic rings. The summed E-state index contributed by atoms with van der Waals surface area (Å²) in [5.74, 6) is 0.669. The van der Waals surface area contributed by atoms with E-state index < -0.39 is 0 Å². The van der Waals surface area contributed by atoms with Crippen molar-refractivity contribution in [2.75, 3.05) is 13.1 Å². The van der Waals surface area contributed by atoms with Gasteiger partial charge in [-0.2, -0.15) is 0 Å². The Balaban J connectivity index is 1.93. The molecule has 1 saturated heterocycles. The first-order valence-electron chi connectivity index (χ1n) is 8.06. The first-order chi connectivity index (χ1) is 10.9. The number of hydrogen-bond donors (Lipinski definition) is 0. The van der Waals surface area contributed by atoms with Crippen molar-refractivity contribution >= 4 is 16.9 Å². The van der Waals surface area contributed by atoms with Gasteiger partial charge in [-0.3, -0.25) is 4.79 Å². The molecule has 0 unspecified atom stereocenters. The monoisotopic (exact) mass is 317 g/mol. The van der Waals surface area contributed by atoms with Crippen LogP contribution in [0.25, 0.3) is 11.0 Å². The van der Waals surface area contributed by atoms with E-state index in [1.54, 1.807) is 12.3 Å². The molecule has 0 saturated carbocycles. The van der Waals surface area contributed by atoms with Gasteiger partial charge in [-0.15, -0.1) is 0 Å². The van der Waals surface area contributed by atoms with Crippen LogP contribution in [-0.4, -0.2) is 42.2 Å². The highest BCUT2D eigenvalue weighted by Gasteiger charge is 2.27. The third kappa shape index (κ3) is 3.34. The van der Waals surface area contributed by atoms with Gasteiger partial charge < -0.3 is 18.8 Å². The minimum absolute atomic E-state index is 0.0149. The highest BCUT2D eigenvalue weighted by Crippen LogP contribution is 2.30. The Kier molecular flexibility index (Phi) is 4.31. The van der Waals surface area contributed by atoms with Crippen LogP contribution in [0.3, 0.4) is 0 Å². The number of furan rings is 1. The molecule has 0 N–H and O–H groups in total. The van der Waals surface area contributed by atoms with E-state index in [1.807, 2.05) is 44.7 Å². The number of carbonyl (C=O) groups is 1. The minimum atomic E-state index is -0.0149. The van der Waals surface area contributed by atoms with Gasteiger partial charge in [0.1, 0.15) is 11.3 Å². The van der Waals surface area contributed by atoms with E-state index >= 15 is 0 Å². The molecule has 2 heterocycles. The largest absolute Gasteiger partial charge is 0.490 e. The van der Waals surface area contributed by atoms with Crippen molar-refractivity contribution < 1.29 is 18.7 Å². The van der Waals surface area contributed by atoms with Crippen LogP contribution < -0.4 is 4.74 Å². The predicted octanol–water partition coefficient (Wildman–Crippen LogP) is 3.47.